The van der Waals surface area contributed by atoms with Crippen molar-refractivity contribution < 1.29 is 4.74 Å². The van der Waals surface area contributed by atoms with Crippen LogP contribution in [0.4, 0.5) is 0 Å². The predicted octanol–water partition coefficient (Wildman–Crippen LogP) is 2.83. The zero-order valence-corrected chi connectivity index (χ0v) is 10.6. The fourth-order valence-corrected chi connectivity index (χ4v) is 2.49. The van der Waals surface area contributed by atoms with Gasteiger partial charge in [0.15, 0.2) is 0 Å². The van der Waals surface area contributed by atoms with Crippen molar-refractivity contribution in [1.82, 2.24) is 5.32 Å². The third-order valence-corrected chi connectivity index (χ3v) is 3.39. The summed E-state index contributed by atoms with van der Waals surface area (Å²) in [5.41, 5.74) is 0. The number of hydrogen-bond donors (Lipinski definition) is 1. The van der Waals surface area contributed by atoms with E-state index in [1.165, 1.54) is 32.1 Å². The average molecular weight is 213 g/mol. The molecule has 0 unspecified atom stereocenters. The first kappa shape index (κ1) is 13.0. The Bertz CT molecular complexity index is 159. The van der Waals surface area contributed by atoms with Crippen molar-refractivity contribution in [3.05, 3.63) is 0 Å². The van der Waals surface area contributed by atoms with Crippen LogP contribution in [-0.2, 0) is 4.74 Å². The molecule has 0 radical (unpaired) electrons. The van der Waals surface area contributed by atoms with Gasteiger partial charge in [-0.25, -0.2) is 0 Å². The average Bonchev–Trinajstić information content (AvgIpc) is 2.24. The second kappa shape index (κ2) is 7.24. The minimum absolute atomic E-state index is 0.527. The molecule has 0 heterocycles. The molecule has 15 heavy (non-hydrogen) atoms. The van der Waals surface area contributed by atoms with E-state index in [9.17, 15) is 0 Å². The lowest BCUT2D eigenvalue weighted by Crippen LogP contribution is -2.30. The van der Waals surface area contributed by atoms with Crippen molar-refractivity contribution >= 4 is 0 Å². The highest BCUT2D eigenvalue weighted by molar-refractivity contribution is 4.76. The quantitative estimate of drug-likeness (QED) is 0.685. The maximum Gasteiger partial charge on any atom is 0.0600 e. The molecule has 1 saturated carbocycles. The number of hydrogen-bond acceptors (Lipinski definition) is 2. The Labute approximate surface area is 94.8 Å². The second-order valence-electron chi connectivity index (χ2n) is 5.21. The van der Waals surface area contributed by atoms with Crippen molar-refractivity contribution in [1.29, 1.82) is 0 Å². The van der Waals surface area contributed by atoms with Gasteiger partial charge >= 0.3 is 0 Å². The van der Waals surface area contributed by atoms with Gasteiger partial charge in [-0.15, -0.1) is 0 Å². The Morgan fingerprint density at radius 1 is 1.27 bits per heavy atom. The molecule has 0 aromatic rings. The molecule has 0 spiro atoms. The van der Waals surface area contributed by atoms with Crippen LogP contribution in [0.3, 0.4) is 0 Å². The van der Waals surface area contributed by atoms with E-state index in [-0.39, 0.29) is 0 Å². The Hall–Kier alpha value is -0.0800. The van der Waals surface area contributed by atoms with Crippen LogP contribution in [0, 0.1) is 11.8 Å². The molecule has 1 fully saturated rings. The zero-order valence-electron chi connectivity index (χ0n) is 10.6. The van der Waals surface area contributed by atoms with Gasteiger partial charge in [-0.3, -0.25) is 0 Å². The number of methoxy groups -OCH3 is 1. The van der Waals surface area contributed by atoms with Crippen LogP contribution in [0.25, 0.3) is 0 Å². The lowest BCUT2D eigenvalue weighted by molar-refractivity contribution is 0.0205. The van der Waals surface area contributed by atoms with Crippen LogP contribution in [0.5, 0.6) is 0 Å². The van der Waals surface area contributed by atoms with Gasteiger partial charge < -0.3 is 10.1 Å². The Balaban J connectivity index is 2.12. The Morgan fingerprint density at radius 3 is 2.67 bits per heavy atom. The number of rotatable bonds is 6. The molecule has 90 valence electrons. The summed E-state index contributed by atoms with van der Waals surface area (Å²) in [5.74, 6) is 1.55. The summed E-state index contributed by atoms with van der Waals surface area (Å²) >= 11 is 0. The van der Waals surface area contributed by atoms with Gasteiger partial charge in [-0.05, 0) is 44.2 Å². The van der Waals surface area contributed by atoms with Crippen LogP contribution in [0.1, 0.15) is 46.0 Å². The Morgan fingerprint density at radius 2 is 2.00 bits per heavy atom. The maximum absolute atomic E-state index is 5.55. The van der Waals surface area contributed by atoms with Gasteiger partial charge in [-0.2, -0.15) is 0 Å². The largest absolute Gasteiger partial charge is 0.381 e. The van der Waals surface area contributed by atoms with E-state index in [0.717, 1.165) is 24.9 Å². The minimum Gasteiger partial charge on any atom is -0.381 e. The van der Waals surface area contributed by atoms with Crippen molar-refractivity contribution in [2.75, 3.05) is 20.2 Å². The molecule has 0 saturated heterocycles. The molecule has 1 rings (SSSR count). The van der Waals surface area contributed by atoms with Crippen LogP contribution in [0.15, 0.2) is 0 Å². The molecular weight excluding hydrogens is 186 g/mol. The normalized spacial score (nSPS) is 27.2. The SMILES string of the molecule is CO[C@H]1CCCC[C@@H]1CCNCC(C)C. The summed E-state index contributed by atoms with van der Waals surface area (Å²) in [4.78, 5) is 0. The molecular formula is C13H27NO. The summed E-state index contributed by atoms with van der Waals surface area (Å²) in [6.07, 6.45) is 7.20. The fourth-order valence-electron chi connectivity index (χ4n) is 2.49. The van der Waals surface area contributed by atoms with Crippen LogP contribution < -0.4 is 5.32 Å². The molecule has 0 aromatic heterocycles. The lowest BCUT2D eigenvalue weighted by atomic mass is 9.84. The van der Waals surface area contributed by atoms with Crippen molar-refractivity contribution in [2.24, 2.45) is 11.8 Å². The summed E-state index contributed by atoms with van der Waals surface area (Å²) in [6, 6.07) is 0. The zero-order chi connectivity index (χ0) is 11.1. The minimum atomic E-state index is 0.527. The van der Waals surface area contributed by atoms with E-state index >= 15 is 0 Å². The summed E-state index contributed by atoms with van der Waals surface area (Å²) in [6.45, 7) is 6.81. The number of ether oxygens (including phenoxy) is 1. The van der Waals surface area contributed by atoms with E-state index in [1.807, 2.05) is 7.11 Å². The van der Waals surface area contributed by atoms with Gasteiger partial charge in [0.2, 0.25) is 0 Å². The Kier molecular flexibility index (Phi) is 6.26. The monoisotopic (exact) mass is 213 g/mol. The van der Waals surface area contributed by atoms with E-state index < -0.39 is 0 Å². The molecule has 2 heteroatoms. The van der Waals surface area contributed by atoms with Crippen LogP contribution >= 0.6 is 0 Å². The molecule has 2 atom stereocenters. The summed E-state index contributed by atoms with van der Waals surface area (Å²) in [7, 11) is 1.87. The molecule has 1 aliphatic carbocycles. The van der Waals surface area contributed by atoms with Gasteiger partial charge in [0.25, 0.3) is 0 Å². The molecule has 0 aliphatic heterocycles. The molecule has 1 aliphatic rings. The maximum atomic E-state index is 5.55. The standard InChI is InChI=1S/C13H27NO/c1-11(2)10-14-9-8-12-6-4-5-7-13(12)15-3/h11-14H,4-10H2,1-3H3/t12-,13+/m1/s1. The molecule has 0 amide bonds. The van der Waals surface area contributed by atoms with Gasteiger partial charge in [0, 0.05) is 7.11 Å². The topological polar surface area (TPSA) is 21.3 Å². The number of nitrogens with one attached hydrogen (secondary N) is 1. The predicted molar refractivity (Wildman–Crippen MR) is 65.1 cm³/mol. The highest BCUT2D eigenvalue weighted by Gasteiger charge is 2.23. The van der Waals surface area contributed by atoms with Crippen LogP contribution in [0.2, 0.25) is 0 Å². The first-order chi connectivity index (χ1) is 7.24. The third-order valence-electron chi connectivity index (χ3n) is 3.39. The molecule has 0 bridgehead atoms. The van der Waals surface area contributed by atoms with Crippen molar-refractivity contribution in [2.45, 2.75) is 52.1 Å². The van der Waals surface area contributed by atoms with E-state index in [2.05, 4.69) is 19.2 Å². The molecule has 1 N–H and O–H groups in total. The van der Waals surface area contributed by atoms with Crippen molar-refractivity contribution in [3.63, 3.8) is 0 Å². The van der Waals surface area contributed by atoms with Gasteiger partial charge in [0.05, 0.1) is 6.10 Å². The highest BCUT2D eigenvalue weighted by atomic mass is 16.5. The lowest BCUT2D eigenvalue weighted by Gasteiger charge is -2.30. The second-order valence-corrected chi connectivity index (χ2v) is 5.21. The van der Waals surface area contributed by atoms with Crippen LogP contribution in [-0.4, -0.2) is 26.3 Å². The first-order valence-corrected chi connectivity index (χ1v) is 6.47. The third kappa shape index (κ3) is 4.98. The summed E-state index contributed by atoms with van der Waals surface area (Å²) in [5, 5.41) is 3.52. The first-order valence-electron chi connectivity index (χ1n) is 6.47. The van der Waals surface area contributed by atoms with Gasteiger partial charge in [-0.1, -0.05) is 26.7 Å². The fraction of sp³-hybridized carbons (Fsp3) is 1.00. The van der Waals surface area contributed by atoms with E-state index in [1.54, 1.807) is 0 Å². The summed E-state index contributed by atoms with van der Waals surface area (Å²) < 4.78 is 5.55. The van der Waals surface area contributed by atoms with Gasteiger partial charge in [0.1, 0.15) is 0 Å². The van der Waals surface area contributed by atoms with E-state index in [4.69, 9.17) is 4.74 Å². The molecule has 2 nitrogen and oxygen atoms in total. The molecule has 0 aromatic carbocycles. The highest BCUT2D eigenvalue weighted by Crippen LogP contribution is 2.28. The smallest absolute Gasteiger partial charge is 0.0600 e. The van der Waals surface area contributed by atoms with E-state index in [0.29, 0.717) is 6.10 Å². The van der Waals surface area contributed by atoms with Crippen molar-refractivity contribution in [3.8, 4) is 0 Å².